The highest BCUT2D eigenvalue weighted by molar-refractivity contribution is 6.01. The molecule has 0 bridgehead atoms. The van der Waals surface area contributed by atoms with Crippen LogP contribution in [0.3, 0.4) is 0 Å². The van der Waals surface area contributed by atoms with Crippen molar-refractivity contribution in [3.05, 3.63) is 28.4 Å². The predicted octanol–water partition coefficient (Wildman–Crippen LogP) is 2.89. The number of nitroso groups, excluding NO2 is 1. The number of aldehydes is 1. The van der Waals surface area contributed by atoms with Crippen LogP contribution in [-0.4, -0.2) is 79.8 Å². The molecule has 5 N–H and O–H groups in total. The van der Waals surface area contributed by atoms with Crippen LogP contribution in [-0.2, 0) is 14.3 Å². The van der Waals surface area contributed by atoms with Crippen LogP contribution in [0.2, 0.25) is 0 Å². The summed E-state index contributed by atoms with van der Waals surface area (Å²) >= 11 is 0. The first-order chi connectivity index (χ1) is 17.2. The van der Waals surface area contributed by atoms with Crippen molar-refractivity contribution in [3.8, 4) is 6.07 Å². The number of nitrogens with zero attached hydrogens (tertiary/aromatic N) is 4. The number of aromatic amines is 1. The molecule has 12 nitrogen and oxygen atoms in total. The summed E-state index contributed by atoms with van der Waals surface area (Å²) in [5.74, 6) is 0.556. The Morgan fingerprint density at radius 1 is 1.36 bits per heavy atom. The fourth-order valence-electron chi connectivity index (χ4n) is 2.63. The first-order valence-electron chi connectivity index (χ1n) is 11.5. The van der Waals surface area contributed by atoms with Gasteiger partial charge in [-0.05, 0) is 45.2 Å². The zero-order valence-corrected chi connectivity index (χ0v) is 22.6. The average molecular weight is 513 g/mol. The van der Waals surface area contributed by atoms with E-state index in [1.165, 1.54) is 20.3 Å². The van der Waals surface area contributed by atoms with Crippen molar-refractivity contribution >= 4 is 18.5 Å². The van der Waals surface area contributed by atoms with E-state index in [-0.39, 0.29) is 18.8 Å². The molecule has 1 aromatic heterocycles. The van der Waals surface area contributed by atoms with Crippen LogP contribution >= 0.6 is 0 Å². The number of aliphatic imine (C=N–C) groups is 2. The smallest absolute Gasteiger partial charge is 0.172 e. The molecule has 2 atom stereocenters. The van der Waals surface area contributed by atoms with Crippen LogP contribution < -0.4 is 5.73 Å². The Morgan fingerprint density at radius 2 is 1.94 bits per heavy atom. The molecule has 12 heteroatoms. The van der Waals surface area contributed by atoms with Gasteiger partial charge < -0.3 is 35.2 Å². The molecule has 0 amide bonds. The Balaban J connectivity index is -0.000000512. The van der Waals surface area contributed by atoms with Crippen LogP contribution in [0.25, 0.3) is 0 Å². The number of aliphatic hydroxyl groups excluding tert-OH is 2. The van der Waals surface area contributed by atoms with Gasteiger partial charge in [0.15, 0.2) is 12.1 Å². The Bertz CT molecular complexity index is 773. The molecule has 0 radical (unpaired) electrons. The number of aromatic nitrogens is 1. The first-order valence-corrected chi connectivity index (χ1v) is 11.5. The van der Waals surface area contributed by atoms with Gasteiger partial charge in [-0.1, -0.05) is 18.5 Å². The average Bonchev–Trinajstić information content (AvgIpc) is 3.55. The van der Waals surface area contributed by atoms with Crippen molar-refractivity contribution in [2.24, 2.45) is 20.9 Å². The second-order valence-electron chi connectivity index (χ2n) is 7.49. The van der Waals surface area contributed by atoms with Gasteiger partial charge in [-0.2, -0.15) is 10.2 Å². The number of H-pyrrole nitrogens is 1. The third-order valence-electron chi connectivity index (χ3n) is 4.27. The lowest BCUT2D eigenvalue weighted by Gasteiger charge is -2.17. The van der Waals surface area contributed by atoms with Crippen molar-refractivity contribution in [1.29, 1.82) is 5.26 Å². The Hall–Kier alpha value is -2.98. The van der Waals surface area contributed by atoms with E-state index in [9.17, 15) is 4.79 Å². The SMILES string of the molecule is CC#N.CCCCOC(C)(C)C=O.CN=C(N=CN)c1ccc(C2CCC(CO)O2)[nH]1.CN=O.CO. The van der Waals surface area contributed by atoms with Crippen LogP contribution in [0, 0.1) is 16.2 Å². The topological polar surface area (TPSA) is 196 Å². The normalized spacial score (nSPS) is 16.5. The molecule has 1 aliphatic rings. The van der Waals surface area contributed by atoms with Crippen molar-refractivity contribution in [3.63, 3.8) is 0 Å². The zero-order chi connectivity index (χ0) is 28.4. The highest BCUT2D eigenvalue weighted by Crippen LogP contribution is 2.31. The fraction of sp³-hybridized carbons (Fsp3) is 0.667. The van der Waals surface area contributed by atoms with Gasteiger partial charge in [0, 0.05) is 33.4 Å². The molecule has 0 aliphatic carbocycles. The number of carbonyl (C=O) groups excluding carboxylic acids is 1. The second-order valence-corrected chi connectivity index (χ2v) is 7.49. The molecular formula is C24H44N6O6. The maximum absolute atomic E-state index is 10.3. The van der Waals surface area contributed by atoms with E-state index < -0.39 is 5.60 Å². The summed E-state index contributed by atoms with van der Waals surface area (Å²) < 4.78 is 11.0. The molecule has 0 aromatic carbocycles. The quantitative estimate of drug-likeness (QED) is 0.134. The molecule has 2 unspecified atom stereocenters. The number of ether oxygens (including phenoxy) is 2. The lowest BCUT2D eigenvalue weighted by molar-refractivity contribution is -0.127. The van der Waals surface area contributed by atoms with Crippen LogP contribution in [0.1, 0.15) is 70.9 Å². The molecule has 1 saturated heterocycles. The first kappa shape index (κ1) is 37.6. The summed E-state index contributed by atoms with van der Waals surface area (Å²) in [6, 6.07) is 5.61. The van der Waals surface area contributed by atoms with E-state index in [2.05, 4.69) is 27.1 Å². The lowest BCUT2D eigenvalue weighted by atomic mass is 10.1. The molecular weight excluding hydrogens is 468 g/mol. The monoisotopic (exact) mass is 512 g/mol. The number of hydrogen-bond acceptors (Lipinski definition) is 9. The van der Waals surface area contributed by atoms with Crippen molar-refractivity contribution in [1.82, 2.24) is 4.98 Å². The highest BCUT2D eigenvalue weighted by Gasteiger charge is 2.27. The van der Waals surface area contributed by atoms with Crippen molar-refractivity contribution < 1.29 is 24.5 Å². The number of hydrogen-bond donors (Lipinski definition) is 4. The van der Waals surface area contributed by atoms with E-state index in [0.29, 0.717) is 12.4 Å². The molecule has 1 aromatic rings. The second kappa shape index (κ2) is 25.1. The Morgan fingerprint density at radius 3 is 2.36 bits per heavy atom. The van der Waals surface area contributed by atoms with Crippen LogP contribution in [0.5, 0.6) is 0 Å². The standard InChI is InChI=1S/C12H18N4O2.C8H16O2.C2H3N.CH3NO.CH4O/c1-14-12(15-7-13)10-4-3-9(16-10)11-5-2-8(6-17)18-11;1-4-5-6-10-8(2,3)7-9;2*1-2-3;1-2/h3-4,7-8,11,16-17H,2,5-6H2,1H3,(H2,13,14,15);7H,4-6H2,1-3H3;2*1H3;2H,1H3. The van der Waals surface area contributed by atoms with Crippen molar-refractivity contribution in [2.45, 2.75) is 71.2 Å². The summed E-state index contributed by atoms with van der Waals surface area (Å²) in [6.45, 7) is 7.83. The number of unbranched alkanes of at least 4 members (excludes halogenated alkanes) is 1. The minimum Gasteiger partial charge on any atom is -0.400 e. The number of nitrogens with two attached hydrogens (primary N) is 1. The van der Waals surface area contributed by atoms with Gasteiger partial charge in [-0.15, -0.1) is 0 Å². The van der Waals surface area contributed by atoms with Gasteiger partial charge in [-0.25, -0.2) is 4.99 Å². The van der Waals surface area contributed by atoms with E-state index in [1.807, 2.05) is 12.1 Å². The highest BCUT2D eigenvalue weighted by atomic mass is 16.5. The minimum atomic E-state index is -0.588. The molecule has 0 saturated carbocycles. The van der Waals surface area contributed by atoms with E-state index in [1.54, 1.807) is 27.0 Å². The maximum Gasteiger partial charge on any atom is 0.172 e. The number of rotatable bonds is 8. The molecule has 2 heterocycles. The predicted molar refractivity (Wildman–Crippen MR) is 142 cm³/mol. The number of nitrogens with one attached hydrogen (secondary N) is 1. The number of carbonyl (C=O) groups is 1. The molecule has 2 rings (SSSR count). The fourth-order valence-corrected chi connectivity index (χ4v) is 2.63. The number of amidine groups is 1. The summed E-state index contributed by atoms with van der Waals surface area (Å²) in [4.78, 5) is 30.1. The molecule has 36 heavy (non-hydrogen) atoms. The van der Waals surface area contributed by atoms with Crippen LogP contribution in [0.4, 0.5) is 0 Å². The largest absolute Gasteiger partial charge is 0.400 e. The Kier molecular flexibility index (Phi) is 26.2. The third-order valence-corrected chi connectivity index (χ3v) is 4.27. The van der Waals surface area contributed by atoms with Gasteiger partial charge in [0.05, 0.1) is 44.0 Å². The van der Waals surface area contributed by atoms with Crippen molar-refractivity contribution in [2.75, 3.05) is 34.4 Å². The maximum atomic E-state index is 10.3. The van der Waals surface area contributed by atoms with Crippen LogP contribution in [0.15, 0.2) is 27.3 Å². The van der Waals surface area contributed by atoms with E-state index >= 15 is 0 Å². The lowest BCUT2D eigenvalue weighted by Crippen LogP contribution is -2.26. The third kappa shape index (κ3) is 18.4. The van der Waals surface area contributed by atoms with E-state index in [4.69, 9.17) is 35.6 Å². The summed E-state index contributed by atoms with van der Waals surface area (Å²) in [5, 5.41) is 25.6. The molecule has 206 valence electrons. The summed E-state index contributed by atoms with van der Waals surface area (Å²) in [5.41, 5.74) is 6.47. The molecule has 0 spiro atoms. The van der Waals surface area contributed by atoms with Gasteiger partial charge in [0.1, 0.15) is 5.60 Å². The van der Waals surface area contributed by atoms with Gasteiger partial charge in [-0.3, -0.25) is 4.99 Å². The van der Waals surface area contributed by atoms with Gasteiger partial charge in [0.2, 0.25) is 0 Å². The Labute approximate surface area is 214 Å². The zero-order valence-electron chi connectivity index (χ0n) is 22.6. The van der Waals surface area contributed by atoms with E-state index in [0.717, 1.165) is 50.5 Å². The molecule has 1 fully saturated rings. The number of aliphatic hydroxyl groups is 2. The number of nitriles is 1. The minimum absolute atomic E-state index is 0.0101. The van der Waals surface area contributed by atoms with Gasteiger partial charge in [0.25, 0.3) is 0 Å². The summed E-state index contributed by atoms with van der Waals surface area (Å²) in [7, 11) is 3.86. The van der Waals surface area contributed by atoms with Gasteiger partial charge >= 0.3 is 0 Å². The molecule has 1 aliphatic heterocycles. The summed E-state index contributed by atoms with van der Waals surface area (Å²) in [6.07, 6.45) is 5.93.